The zero-order chi connectivity index (χ0) is 17.9. The number of anilines is 1. The fourth-order valence-electron chi connectivity index (χ4n) is 1.82. The number of carboxylic acids is 1. The zero-order valence-electron chi connectivity index (χ0n) is 12.3. The molecule has 1 atom stereocenters. The van der Waals surface area contributed by atoms with Crippen molar-refractivity contribution in [3.8, 4) is 5.75 Å². The number of carbonyl (C=O) groups excluding carboxylic acids is 1. The summed E-state index contributed by atoms with van der Waals surface area (Å²) in [6.07, 6.45) is -0.846. The van der Waals surface area contributed by atoms with Crippen LogP contribution in [0.15, 0.2) is 36.4 Å². The van der Waals surface area contributed by atoms with Crippen molar-refractivity contribution in [2.45, 2.75) is 13.0 Å². The number of carboxylic acid groups (broad SMARTS) is 1. The first-order valence-corrected chi connectivity index (χ1v) is 7.86. The number of hydrogen-bond donors (Lipinski definition) is 2. The van der Waals surface area contributed by atoms with E-state index >= 15 is 0 Å². The van der Waals surface area contributed by atoms with Crippen LogP contribution >= 0.6 is 34.8 Å². The van der Waals surface area contributed by atoms with Crippen LogP contribution in [-0.2, 0) is 4.79 Å². The van der Waals surface area contributed by atoms with Crippen LogP contribution in [0, 0.1) is 0 Å². The summed E-state index contributed by atoms with van der Waals surface area (Å²) >= 11 is 17.7. The maximum Gasteiger partial charge on any atom is 0.337 e. The van der Waals surface area contributed by atoms with E-state index in [1.807, 2.05) is 0 Å². The van der Waals surface area contributed by atoms with E-state index in [2.05, 4.69) is 5.32 Å². The minimum absolute atomic E-state index is 0.0228. The van der Waals surface area contributed by atoms with Gasteiger partial charge in [0.15, 0.2) is 6.10 Å². The SMILES string of the molecule is C[C@@H](Oc1ccc(Cl)cc1Cl)C(=O)Nc1ccc(C(=O)O)c(Cl)c1. The normalized spacial score (nSPS) is 11.7. The molecule has 0 spiro atoms. The molecule has 0 saturated heterocycles. The lowest BCUT2D eigenvalue weighted by Crippen LogP contribution is -2.30. The molecule has 0 unspecified atom stereocenters. The predicted molar refractivity (Wildman–Crippen MR) is 93.6 cm³/mol. The highest BCUT2D eigenvalue weighted by molar-refractivity contribution is 6.35. The Morgan fingerprint density at radius 3 is 2.38 bits per heavy atom. The van der Waals surface area contributed by atoms with Crippen LogP contribution < -0.4 is 10.1 Å². The molecule has 0 heterocycles. The summed E-state index contributed by atoms with van der Waals surface area (Å²) in [4.78, 5) is 23.1. The summed E-state index contributed by atoms with van der Waals surface area (Å²) < 4.78 is 5.50. The van der Waals surface area contributed by atoms with Crippen molar-refractivity contribution >= 4 is 52.4 Å². The molecule has 0 bridgehead atoms. The van der Waals surface area contributed by atoms with Gasteiger partial charge in [-0.05, 0) is 43.3 Å². The van der Waals surface area contributed by atoms with Gasteiger partial charge in [0.25, 0.3) is 5.91 Å². The number of halogens is 3. The minimum Gasteiger partial charge on any atom is -0.479 e. The van der Waals surface area contributed by atoms with E-state index in [9.17, 15) is 9.59 Å². The van der Waals surface area contributed by atoms with Crippen LogP contribution in [0.5, 0.6) is 5.75 Å². The molecular weight excluding hydrogens is 377 g/mol. The topological polar surface area (TPSA) is 75.6 Å². The molecule has 2 N–H and O–H groups in total. The summed E-state index contributed by atoms with van der Waals surface area (Å²) in [7, 11) is 0. The number of amides is 1. The van der Waals surface area contributed by atoms with Gasteiger partial charge in [-0.25, -0.2) is 4.79 Å². The Labute approximate surface area is 153 Å². The van der Waals surface area contributed by atoms with Crippen molar-refractivity contribution in [3.05, 3.63) is 57.0 Å². The van der Waals surface area contributed by atoms with Crippen LogP contribution in [0.3, 0.4) is 0 Å². The van der Waals surface area contributed by atoms with E-state index in [1.54, 1.807) is 19.1 Å². The molecule has 24 heavy (non-hydrogen) atoms. The van der Waals surface area contributed by atoms with Gasteiger partial charge in [-0.2, -0.15) is 0 Å². The van der Waals surface area contributed by atoms with Crippen molar-refractivity contribution in [3.63, 3.8) is 0 Å². The summed E-state index contributed by atoms with van der Waals surface area (Å²) in [6, 6.07) is 8.76. The van der Waals surface area contributed by atoms with Gasteiger partial charge in [0.2, 0.25) is 0 Å². The Bertz CT molecular complexity index is 795. The molecule has 0 fully saturated rings. The number of ether oxygens (including phenoxy) is 1. The molecule has 1 amide bonds. The average molecular weight is 389 g/mol. The lowest BCUT2D eigenvalue weighted by molar-refractivity contribution is -0.122. The third-order valence-electron chi connectivity index (χ3n) is 3.03. The molecule has 2 aromatic carbocycles. The molecule has 0 aliphatic heterocycles. The fourth-order valence-corrected chi connectivity index (χ4v) is 2.54. The molecular formula is C16H12Cl3NO4. The minimum atomic E-state index is -1.15. The maximum absolute atomic E-state index is 12.2. The first-order chi connectivity index (χ1) is 11.3. The van der Waals surface area contributed by atoms with E-state index in [1.165, 1.54) is 24.3 Å². The van der Waals surface area contributed by atoms with Crippen molar-refractivity contribution in [2.24, 2.45) is 0 Å². The zero-order valence-corrected chi connectivity index (χ0v) is 14.6. The molecule has 0 aliphatic carbocycles. The predicted octanol–water partition coefficient (Wildman–Crippen LogP) is 4.75. The van der Waals surface area contributed by atoms with Crippen molar-refractivity contribution in [1.82, 2.24) is 0 Å². The molecule has 0 saturated carbocycles. The summed E-state index contributed by atoms with van der Waals surface area (Å²) in [5.74, 6) is -1.27. The van der Waals surface area contributed by atoms with E-state index in [0.717, 1.165) is 0 Å². The van der Waals surface area contributed by atoms with E-state index < -0.39 is 18.0 Å². The Hall–Kier alpha value is -1.95. The molecule has 126 valence electrons. The molecule has 0 aliphatic rings. The molecule has 8 heteroatoms. The van der Waals surface area contributed by atoms with Crippen molar-refractivity contribution in [1.29, 1.82) is 0 Å². The Balaban J connectivity index is 2.06. The smallest absolute Gasteiger partial charge is 0.337 e. The quantitative estimate of drug-likeness (QED) is 0.775. The van der Waals surface area contributed by atoms with Crippen LogP contribution in [0.4, 0.5) is 5.69 Å². The second kappa shape index (κ2) is 7.75. The highest BCUT2D eigenvalue weighted by Crippen LogP contribution is 2.28. The first kappa shape index (κ1) is 18.4. The first-order valence-electron chi connectivity index (χ1n) is 6.73. The second-order valence-electron chi connectivity index (χ2n) is 4.82. The van der Waals surface area contributed by atoms with E-state index in [4.69, 9.17) is 44.6 Å². The third kappa shape index (κ3) is 4.54. The number of hydrogen-bond acceptors (Lipinski definition) is 3. The van der Waals surface area contributed by atoms with E-state index in [-0.39, 0.29) is 15.6 Å². The summed E-state index contributed by atoms with van der Waals surface area (Å²) in [6.45, 7) is 1.55. The molecule has 2 rings (SSSR count). The van der Waals surface area contributed by atoms with Crippen molar-refractivity contribution in [2.75, 3.05) is 5.32 Å². The van der Waals surface area contributed by atoms with Crippen LogP contribution in [0.1, 0.15) is 17.3 Å². The Kier molecular flexibility index (Phi) is 5.94. The lowest BCUT2D eigenvalue weighted by Gasteiger charge is -2.16. The lowest BCUT2D eigenvalue weighted by atomic mass is 10.2. The van der Waals surface area contributed by atoms with Gasteiger partial charge in [0.1, 0.15) is 5.75 Å². The Morgan fingerprint density at radius 2 is 1.79 bits per heavy atom. The van der Waals surface area contributed by atoms with Gasteiger partial charge in [-0.15, -0.1) is 0 Å². The van der Waals surface area contributed by atoms with Gasteiger partial charge >= 0.3 is 5.97 Å². The molecule has 0 aromatic heterocycles. The van der Waals surface area contributed by atoms with Gasteiger partial charge in [0, 0.05) is 10.7 Å². The average Bonchev–Trinajstić information content (AvgIpc) is 2.49. The monoisotopic (exact) mass is 387 g/mol. The fraction of sp³-hybridized carbons (Fsp3) is 0.125. The Morgan fingerprint density at radius 1 is 1.08 bits per heavy atom. The second-order valence-corrected chi connectivity index (χ2v) is 6.07. The van der Waals surface area contributed by atoms with E-state index in [0.29, 0.717) is 16.5 Å². The molecule has 0 radical (unpaired) electrons. The highest BCUT2D eigenvalue weighted by Gasteiger charge is 2.17. The standard InChI is InChI=1S/C16H12Cl3NO4/c1-8(24-14-5-2-9(17)6-13(14)19)15(21)20-10-3-4-11(16(22)23)12(18)7-10/h2-8H,1H3,(H,20,21)(H,22,23)/t8-/m1/s1. The summed E-state index contributed by atoms with van der Waals surface area (Å²) in [5, 5.41) is 12.3. The third-order valence-corrected chi connectivity index (χ3v) is 3.88. The highest BCUT2D eigenvalue weighted by atomic mass is 35.5. The summed E-state index contributed by atoms with van der Waals surface area (Å²) in [5.41, 5.74) is 0.305. The van der Waals surface area contributed by atoms with Gasteiger partial charge in [-0.3, -0.25) is 4.79 Å². The largest absolute Gasteiger partial charge is 0.479 e. The maximum atomic E-state index is 12.2. The van der Waals surface area contributed by atoms with Crippen LogP contribution in [0.25, 0.3) is 0 Å². The number of carbonyl (C=O) groups is 2. The molecule has 5 nitrogen and oxygen atoms in total. The van der Waals surface area contributed by atoms with Crippen LogP contribution in [-0.4, -0.2) is 23.1 Å². The number of rotatable bonds is 5. The number of nitrogens with one attached hydrogen (secondary N) is 1. The van der Waals surface area contributed by atoms with Gasteiger partial charge in [0.05, 0.1) is 15.6 Å². The van der Waals surface area contributed by atoms with Gasteiger partial charge < -0.3 is 15.2 Å². The number of aromatic carboxylic acids is 1. The van der Waals surface area contributed by atoms with Crippen LogP contribution in [0.2, 0.25) is 15.1 Å². The molecule has 2 aromatic rings. The number of benzene rings is 2. The van der Waals surface area contributed by atoms with Crippen molar-refractivity contribution < 1.29 is 19.4 Å². The van der Waals surface area contributed by atoms with Gasteiger partial charge in [-0.1, -0.05) is 34.8 Å².